The van der Waals surface area contributed by atoms with Gasteiger partial charge < -0.3 is 14.8 Å². The molecule has 0 bridgehead atoms. The topological polar surface area (TPSA) is 50.8 Å². The molecule has 0 aliphatic carbocycles. The Balaban J connectivity index is 2.65. The van der Waals surface area contributed by atoms with E-state index in [2.05, 4.69) is 10.2 Å². The first-order valence-corrected chi connectivity index (χ1v) is 6.31. The van der Waals surface area contributed by atoms with Crippen molar-refractivity contribution in [1.82, 2.24) is 10.2 Å². The van der Waals surface area contributed by atoms with Gasteiger partial charge in [-0.15, -0.1) is 0 Å². The SMILES string of the molecule is CCOC(=O)C(C(C)COC)N1CCNCC1. The lowest BCUT2D eigenvalue weighted by Gasteiger charge is -2.36. The van der Waals surface area contributed by atoms with E-state index in [1.807, 2.05) is 13.8 Å². The third-order valence-electron chi connectivity index (χ3n) is 3.04. The van der Waals surface area contributed by atoms with Gasteiger partial charge in [-0.2, -0.15) is 0 Å². The smallest absolute Gasteiger partial charge is 0.323 e. The maximum Gasteiger partial charge on any atom is 0.323 e. The third-order valence-corrected chi connectivity index (χ3v) is 3.04. The summed E-state index contributed by atoms with van der Waals surface area (Å²) in [5.41, 5.74) is 0. The molecule has 0 saturated carbocycles. The number of carbonyl (C=O) groups excluding carboxylic acids is 1. The molecule has 100 valence electrons. The summed E-state index contributed by atoms with van der Waals surface area (Å²) in [4.78, 5) is 14.2. The van der Waals surface area contributed by atoms with Gasteiger partial charge in [0, 0.05) is 39.2 Å². The summed E-state index contributed by atoms with van der Waals surface area (Å²) < 4.78 is 10.3. The van der Waals surface area contributed by atoms with Gasteiger partial charge in [0.1, 0.15) is 6.04 Å². The standard InChI is InChI=1S/C12H24N2O3/c1-4-17-12(15)11(10(2)9-16-3)14-7-5-13-6-8-14/h10-11,13H,4-9H2,1-3H3. The Labute approximate surface area is 103 Å². The van der Waals surface area contributed by atoms with Crippen LogP contribution in [0.3, 0.4) is 0 Å². The minimum Gasteiger partial charge on any atom is -0.465 e. The van der Waals surface area contributed by atoms with Gasteiger partial charge in [-0.05, 0) is 6.92 Å². The van der Waals surface area contributed by atoms with E-state index in [9.17, 15) is 4.79 Å². The summed E-state index contributed by atoms with van der Waals surface area (Å²) in [7, 11) is 1.66. The zero-order valence-corrected chi connectivity index (χ0v) is 11.1. The molecule has 1 rings (SSSR count). The number of carbonyl (C=O) groups is 1. The normalized spacial score (nSPS) is 20.9. The number of piperazine rings is 1. The number of methoxy groups -OCH3 is 1. The molecule has 0 aromatic heterocycles. The van der Waals surface area contributed by atoms with Crippen LogP contribution in [0, 0.1) is 5.92 Å². The highest BCUT2D eigenvalue weighted by Crippen LogP contribution is 2.14. The highest BCUT2D eigenvalue weighted by atomic mass is 16.5. The maximum absolute atomic E-state index is 12.0. The minimum absolute atomic E-state index is 0.126. The molecule has 1 N–H and O–H groups in total. The molecule has 0 spiro atoms. The lowest BCUT2D eigenvalue weighted by molar-refractivity contribution is -0.152. The van der Waals surface area contributed by atoms with Crippen LogP contribution >= 0.6 is 0 Å². The zero-order valence-electron chi connectivity index (χ0n) is 11.1. The molecule has 2 unspecified atom stereocenters. The molecule has 1 heterocycles. The lowest BCUT2D eigenvalue weighted by atomic mass is 10.0. The van der Waals surface area contributed by atoms with Crippen LogP contribution in [-0.2, 0) is 14.3 Å². The number of nitrogens with zero attached hydrogens (tertiary/aromatic N) is 1. The van der Waals surface area contributed by atoms with Gasteiger partial charge in [0.25, 0.3) is 0 Å². The highest BCUT2D eigenvalue weighted by Gasteiger charge is 2.32. The predicted octanol–water partition coefficient (Wildman–Crippen LogP) is 0.106. The second kappa shape index (κ2) is 7.63. The average molecular weight is 244 g/mol. The van der Waals surface area contributed by atoms with Crippen molar-refractivity contribution in [3.8, 4) is 0 Å². The molecule has 1 saturated heterocycles. The second-order valence-electron chi connectivity index (χ2n) is 4.42. The zero-order chi connectivity index (χ0) is 12.7. The Morgan fingerprint density at radius 1 is 1.41 bits per heavy atom. The van der Waals surface area contributed by atoms with E-state index in [1.165, 1.54) is 0 Å². The Morgan fingerprint density at radius 3 is 2.59 bits per heavy atom. The number of hydrogen-bond acceptors (Lipinski definition) is 5. The van der Waals surface area contributed by atoms with Crippen LogP contribution in [0.5, 0.6) is 0 Å². The summed E-state index contributed by atoms with van der Waals surface area (Å²) in [6.45, 7) is 8.51. The van der Waals surface area contributed by atoms with Crippen molar-refractivity contribution in [1.29, 1.82) is 0 Å². The van der Waals surface area contributed by atoms with Crippen molar-refractivity contribution in [3.05, 3.63) is 0 Å². The number of nitrogens with one attached hydrogen (secondary N) is 1. The highest BCUT2D eigenvalue weighted by molar-refractivity contribution is 5.76. The second-order valence-corrected chi connectivity index (χ2v) is 4.42. The van der Waals surface area contributed by atoms with Crippen molar-refractivity contribution in [2.45, 2.75) is 19.9 Å². The van der Waals surface area contributed by atoms with Gasteiger partial charge in [-0.1, -0.05) is 6.92 Å². The molecule has 1 aliphatic heterocycles. The van der Waals surface area contributed by atoms with E-state index in [1.54, 1.807) is 7.11 Å². The van der Waals surface area contributed by atoms with E-state index < -0.39 is 0 Å². The van der Waals surface area contributed by atoms with Crippen LogP contribution in [0.1, 0.15) is 13.8 Å². The fraction of sp³-hybridized carbons (Fsp3) is 0.917. The van der Waals surface area contributed by atoms with Crippen LogP contribution in [0.15, 0.2) is 0 Å². The number of esters is 1. The first-order chi connectivity index (χ1) is 8.20. The Hall–Kier alpha value is -0.650. The molecule has 0 radical (unpaired) electrons. The molecular formula is C12H24N2O3. The Morgan fingerprint density at radius 2 is 2.06 bits per heavy atom. The average Bonchev–Trinajstić information content (AvgIpc) is 2.31. The van der Waals surface area contributed by atoms with Gasteiger partial charge in [0.15, 0.2) is 0 Å². The van der Waals surface area contributed by atoms with Gasteiger partial charge in [0.05, 0.1) is 13.2 Å². The number of hydrogen-bond donors (Lipinski definition) is 1. The largest absolute Gasteiger partial charge is 0.465 e. The van der Waals surface area contributed by atoms with E-state index >= 15 is 0 Å². The summed E-state index contributed by atoms with van der Waals surface area (Å²) in [5, 5.41) is 3.29. The van der Waals surface area contributed by atoms with Gasteiger partial charge in [0.2, 0.25) is 0 Å². The number of rotatable bonds is 6. The number of ether oxygens (including phenoxy) is 2. The van der Waals surface area contributed by atoms with Gasteiger partial charge in [-0.25, -0.2) is 0 Å². The fourth-order valence-corrected chi connectivity index (χ4v) is 2.28. The monoisotopic (exact) mass is 244 g/mol. The van der Waals surface area contributed by atoms with Crippen molar-refractivity contribution >= 4 is 5.97 Å². The maximum atomic E-state index is 12.0. The molecule has 0 aromatic carbocycles. The molecule has 1 aliphatic rings. The van der Waals surface area contributed by atoms with Crippen LogP contribution in [0.2, 0.25) is 0 Å². The minimum atomic E-state index is -0.183. The van der Waals surface area contributed by atoms with Crippen LogP contribution in [-0.4, -0.2) is 63.4 Å². The molecule has 0 aromatic rings. The lowest BCUT2D eigenvalue weighted by Crippen LogP contribution is -2.54. The quantitative estimate of drug-likeness (QED) is 0.672. The van der Waals surface area contributed by atoms with Gasteiger partial charge in [-0.3, -0.25) is 9.69 Å². The van der Waals surface area contributed by atoms with E-state index in [-0.39, 0.29) is 17.9 Å². The molecule has 1 fully saturated rings. The van der Waals surface area contributed by atoms with Crippen LogP contribution in [0.4, 0.5) is 0 Å². The summed E-state index contributed by atoms with van der Waals surface area (Å²) in [6, 6.07) is -0.183. The Kier molecular flexibility index (Phi) is 6.47. The van der Waals surface area contributed by atoms with Crippen molar-refractivity contribution < 1.29 is 14.3 Å². The fourth-order valence-electron chi connectivity index (χ4n) is 2.28. The van der Waals surface area contributed by atoms with E-state index in [4.69, 9.17) is 9.47 Å². The van der Waals surface area contributed by atoms with Crippen molar-refractivity contribution in [2.24, 2.45) is 5.92 Å². The van der Waals surface area contributed by atoms with Gasteiger partial charge >= 0.3 is 5.97 Å². The molecular weight excluding hydrogens is 220 g/mol. The third kappa shape index (κ3) is 4.26. The van der Waals surface area contributed by atoms with Crippen LogP contribution < -0.4 is 5.32 Å². The Bertz CT molecular complexity index is 230. The van der Waals surface area contributed by atoms with Crippen molar-refractivity contribution in [2.75, 3.05) is 46.5 Å². The van der Waals surface area contributed by atoms with Crippen LogP contribution in [0.25, 0.3) is 0 Å². The summed E-state index contributed by atoms with van der Waals surface area (Å²) in [5.74, 6) is 0.0242. The molecule has 17 heavy (non-hydrogen) atoms. The van der Waals surface area contributed by atoms with E-state index in [0.29, 0.717) is 13.2 Å². The van der Waals surface area contributed by atoms with Crippen molar-refractivity contribution in [3.63, 3.8) is 0 Å². The summed E-state index contributed by atoms with van der Waals surface area (Å²) in [6.07, 6.45) is 0. The predicted molar refractivity (Wildman–Crippen MR) is 65.9 cm³/mol. The molecule has 2 atom stereocenters. The summed E-state index contributed by atoms with van der Waals surface area (Å²) >= 11 is 0. The molecule has 5 heteroatoms. The molecule has 0 amide bonds. The first-order valence-electron chi connectivity index (χ1n) is 6.31. The van der Waals surface area contributed by atoms with E-state index in [0.717, 1.165) is 26.2 Å². The first kappa shape index (κ1) is 14.4. The molecule has 5 nitrogen and oxygen atoms in total.